The standard InChI is InChI=1S/C23H34ClNO3/c1-15-12-17-16(13-18(15)24)22(7,21(5,6)27)14-23(17)8-10-25(11-9-23)19(26)28-20(2,3)4/h12-13,27H,8-11,14H2,1-7H3. The Morgan fingerprint density at radius 2 is 1.71 bits per heavy atom. The molecule has 1 saturated heterocycles. The van der Waals surface area contributed by atoms with Crippen molar-refractivity contribution in [3.05, 3.63) is 33.8 Å². The molecule has 0 radical (unpaired) electrons. The number of halogens is 1. The number of carbonyl (C=O) groups is 1. The van der Waals surface area contributed by atoms with Gasteiger partial charge in [0.15, 0.2) is 0 Å². The number of nitrogens with zero attached hydrogens (tertiary/aromatic N) is 1. The average Bonchev–Trinajstić information content (AvgIpc) is 2.76. The molecule has 28 heavy (non-hydrogen) atoms. The second-order valence-corrected chi connectivity index (χ2v) is 10.9. The summed E-state index contributed by atoms with van der Waals surface area (Å²) in [6.45, 7) is 15.0. The molecule has 0 saturated carbocycles. The molecule has 2 aliphatic rings. The van der Waals surface area contributed by atoms with E-state index in [1.54, 1.807) is 0 Å². The maximum Gasteiger partial charge on any atom is 0.410 e. The van der Waals surface area contributed by atoms with Gasteiger partial charge in [-0.05, 0) is 89.0 Å². The van der Waals surface area contributed by atoms with E-state index in [0.717, 1.165) is 35.4 Å². The van der Waals surface area contributed by atoms with E-state index in [1.807, 2.05) is 46.4 Å². The van der Waals surface area contributed by atoms with E-state index in [4.69, 9.17) is 16.3 Å². The van der Waals surface area contributed by atoms with E-state index in [2.05, 4.69) is 19.1 Å². The second kappa shape index (κ2) is 6.63. The molecule has 3 rings (SSSR count). The van der Waals surface area contributed by atoms with Gasteiger partial charge in [0.25, 0.3) is 0 Å². The number of hydrogen-bond donors (Lipinski definition) is 1. The van der Waals surface area contributed by atoms with Gasteiger partial charge in [0, 0.05) is 23.5 Å². The highest BCUT2D eigenvalue weighted by molar-refractivity contribution is 6.31. The minimum absolute atomic E-state index is 0.0437. The molecule has 1 aliphatic heterocycles. The van der Waals surface area contributed by atoms with Gasteiger partial charge in [0.2, 0.25) is 0 Å². The van der Waals surface area contributed by atoms with E-state index in [-0.39, 0.29) is 16.9 Å². The minimum atomic E-state index is -0.869. The number of benzene rings is 1. The van der Waals surface area contributed by atoms with E-state index in [1.165, 1.54) is 5.56 Å². The largest absolute Gasteiger partial charge is 0.444 e. The number of piperidine rings is 1. The van der Waals surface area contributed by atoms with Crippen LogP contribution in [0, 0.1) is 6.92 Å². The molecule has 1 aromatic rings. The first-order valence-corrected chi connectivity index (χ1v) is 10.6. The van der Waals surface area contributed by atoms with Crippen LogP contribution in [0.2, 0.25) is 5.02 Å². The third-order valence-corrected chi connectivity index (χ3v) is 7.29. The summed E-state index contributed by atoms with van der Waals surface area (Å²) in [6, 6.07) is 4.26. The van der Waals surface area contributed by atoms with Crippen LogP contribution in [0.3, 0.4) is 0 Å². The highest BCUT2D eigenvalue weighted by Gasteiger charge is 2.56. The lowest BCUT2D eigenvalue weighted by Crippen LogP contribution is -2.49. The Bertz CT molecular complexity index is 782. The van der Waals surface area contributed by atoms with Gasteiger partial charge in [0.1, 0.15) is 5.60 Å². The Morgan fingerprint density at radius 1 is 1.14 bits per heavy atom. The van der Waals surface area contributed by atoms with Crippen LogP contribution in [-0.4, -0.2) is 40.4 Å². The molecular formula is C23H34ClNO3. The molecule has 0 bridgehead atoms. The maximum atomic E-state index is 12.5. The van der Waals surface area contributed by atoms with Crippen LogP contribution in [0.25, 0.3) is 0 Å². The fraction of sp³-hybridized carbons (Fsp3) is 0.696. The van der Waals surface area contributed by atoms with Crippen LogP contribution in [0.15, 0.2) is 12.1 Å². The van der Waals surface area contributed by atoms with Gasteiger partial charge >= 0.3 is 6.09 Å². The zero-order chi connectivity index (χ0) is 21.1. The van der Waals surface area contributed by atoms with Gasteiger partial charge in [-0.25, -0.2) is 4.79 Å². The predicted molar refractivity (Wildman–Crippen MR) is 113 cm³/mol. The van der Waals surface area contributed by atoms with Gasteiger partial charge in [-0.2, -0.15) is 0 Å². The van der Waals surface area contributed by atoms with Crippen molar-refractivity contribution in [2.45, 2.75) is 89.8 Å². The topological polar surface area (TPSA) is 49.8 Å². The number of likely N-dealkylation sites (tertiary alicyclic amines) is 1. The number of aryl methyl sites for hydroxylation is 1. The van der Waals surface area contributed by atoms with Crippen molar-refractivity contribution in [1.29, 1.82) is 0 Å². The number of ether oxygens (including phenoxy) is 1. The Balaban J connectivity index is 1.93. The van der Waals surface area contributed by atoms with Crippen molar-refractivity contribution in [3.8, 4) is 0 Å². The fourth-order valence-corrected chi connectivity index (χ4v) is 5.04. The van der Waals surface area contributed by atoms with E-state index < -0.39 is 11.2 Å². The quantitative estimate of drug-likeness (QED) is 0.682. The second-order valence-electron chi connectivity index (χ2n) is 10.5. The molecule has 1 N–H and O–H groups in total. The number of fused-ring (bicyclic) bond motifs is 2. The lowest BCUT2D eigenvalue weighted by molar-refractivity contribution is -0.0135. The van der Waals surface area contributed by atoms with Crippen LogP contribution in [-0.2, 0) is 15.6 Å². The van der Waals surface area contributed by atoms with E-state index >= 15 is 0 Å². The Hall–Kier alpha value is -1.26. The molecule has 1 spiro atoms. The molecule has 156 valence electrons. The lowest BCUT2D eigenvalue weighted by atomic mass is 9.66. The monoisotopic (exact) mass is 407 g/mol. The maximum absolute atomic E-state index is 12.5. The summed E-state index contributed by atoms with van der Waals surface area (Å²) in [6.07, 6.45) is 2.36. The van der Waals surface area contributed by atoms with Crippen LogP contribution < -0.4 is 0 Å². The first-order chi connectivity index (χ1) is 12.7. The van der Waals surface area contributed by atoms with Gasteiger partial charge in [-0.15, -0.1) is 0 Å². The van der Waals surface area contributed by atoms with Crippen molar-refractivity contribution >= 4 is 17.7 Å². The summed E-state index contributed by atoms with van der Waals surface area (Å²) < 4.78 is 5.56. The zero-order valence-electron chi connectivity index (χ0n) is 18.3. The minimum Gasteiger partial charge on any atom is -0.444 e. The van der Waals surface area contributed by atoms with Crippen molar-refractivity contribution in [3.63, 3.8) is 0 Å². The van der Waals surface area contributed by atoms with Gasteiger partial charge in [-0.3, -0.25) is 0 Å². The lowest BCUT2D eigenvalue weighted by Gasteiger charge is -2.43. The normalized spacial score (nSPS) is 24.4. The first-order valence-electron chi connectivity index (χ1n) is 10.2. The third-order valence-electron chi connectivity index (χ3n) is 6.88. The zero-order valence-corrected chi connectivity index (χ0v) is 19.0. The Labute approximate surface area is 174 Å². The highest BCUT2D eigenvalue weighted by atomic mass is 35.5. The summed E-state index contributed by atoms with van der Waals surface area (Å²) in [7, 11) is 0. The number of hydrogen-bond acceptors (Lipinski definition) is 3. The van der Waals surface area contributed by atoms with Gasteiger partial charge in [0.05, 0.1) is 5.60 Å². The third kappa shape index (κ3) is 3.54. The van der Waals surface area contributed by atoms with Crippen molar-refractivity contribution < 1.29 is 14.6 Å². The molecule has 0 aromatic heterocycles. The Kier molecular flexibility index (Phi) is 5.08. The van der Waals surface area contributed by atoms with Crippen LogP contribution in [0.5, 0.6) is 0 Å². The summed E-state index contributed by atoms with van der Waals surface area (Å²) in [4.78, 5) is 14.3. The first kappa shape index (κ1) is 21.4. The molecule has 1 amide bonds. The van der Waals surface area contributed by atoms with Crippen molar-refractivity contribution in [2.24, 2.45) is 0 Å². The Morgan fingerprint density at radius 3 is 2.21 bits per heavy atom. The molecular weight excluding hydrogens is 374 g/mol. The van der Waals surface area contributed by atoms with Gasteiger partial charge < -0.3 is 14.7 Å². The predicted octanol–water partition coefficient (Wildman–Crippen LogP) is 5.35. The summed E-state index contributed by atoms with van der Waals surface area (Å²) in [5, 5.41) is 11.8. The van der Waals surface area contributed by atoms with Gasteiger partial charge in [-0.1, -0.05) is 24.6 Å². The molecule has 4 nitrogen and oxygen atoms in total. The molecule has 1 heterocycles. The SMILES string of the molecule is Cc1cc2c(cc1Cl)C(C)(C(C)(C)O)CC21CCN(C(=O)OC(C)(C)C)CC1. The van der Waals surface area contributed by atoms with E-state index in [0.29, 0.717) is 13.1 Å². The molecule has 1 fully saturated rings. The highest BCUT2D eigenvalue weighted by Crippen LogP contribution is 2.58. The van der Waals surface area contributed by atoms with Crippen LogP contribution >= 0.6 is 11.6 Å². The fourth-order valence-electron chi connectivity index (χ4n) is 4.88. The summed E-state index contributed by atoms with van der Waals surface area (Å²) in [5.41, 5.74) is 1.73. The number of amides is 1. The molecule has 1 unspecified atom stereocenters. The smallest absolute Gasteiger partial charge is 0.410 e. The van der Waals surface area contributed by atoms with E-state index in [9.17, 15) is 9.90 Å². The summed E-state index contributed by atoms with van der Waals surface area (Å²) >= 11 is 6.47. The molecule has 5 heteroatoms. The molecule has 1 aliphatic carbocycles. The number of carbonyl (C=O) groups excluding carboxylic acids is 1. The molecule has 1 atom stereocenters. The number of aliphatic hydroxyl groups is 1. The van der Waals surface area contributed by atoms with Crippen LogP contribution in [0.4, 0.5) is 4.79 Å². The number of rotatable bonds is 1. The van der Waals surface area contributed by atoms with Crippen molar-refractivity contribution in [1.82, 2.24) is 4.90 Å². The van der Waals surface area contributed by atoms with Crippen molar-refractivity contribution in [2.75, 3.05) is 13.1 Å². The summed E-state index contributed by atoms with van der Waals surface area (Å²) in [5.74, 6) is 0. The van der Waals surface area contributed by atoms with Crippen LogP contribution in [0.1, 0.15) is 77.5 Å². The average molecular weight is 408 g/mol. The molecule has 1 aromatic carbocycles.